The maximum Gasteiger partial charge on any atom is 0.0383 e. The van der Waals surface area contributed by atoms with Crippen LogP contribution in [-0.2, 0) is 9.37 Å². The van der Waals surface area contributed by atoms with E-state index in [2.05, 4.69) is 9.37 Å². The van der Waals surface area contributed by atoms with Gasteiger partial charge in [0, 0.05) is 23.8 Å². The molecule has 4 nitrogen and oxygen atoms in total. The highest BCUT2D eigenvalue weighted by atomic mass is 32.2. The summed E-state index contributed by atoms with van der Waals surface area (Å²) in [7, 11) is 0. The Hall–Kier alpha value is 0.190. The van der Waals surface area contributed by atoms with Gasteiger partial charge in [-0.05, 0) is 18.8 Å². The van der Waals surface area contributed by atoms with Crippen molar-refractivity contribution in [1.29, 1.82) is 0 Å². The van der Waals surface area contributed by atoms with E-state index in [0.717, 1.165) is 12.0 Å². The van der Waals surface area contributed by atoms with E-state index < -0.39 is 0 Å². The van der Waals surface area contributed by atoms with Crippen LogP contribution in [0.25, 0.3) is 0 Å². The van der Waals surface area contributed by atoms with E-state index in [1.54, 1.807) is 0 Å². The lowest BCUT2D eigenvalue weighted by atomic mass is 9.85. The highest BCUT2D eigenvalue weighted by molar-refractivity contribution is 7.94. The molecule has 1 fully saturated rings. The predicted molar refractivity (Wildman–Crippen MR) is 49.2 cm³/mol. The summed E-state index contributed by atoms with van der Waals surface area (Å²) >= 11 is 0.995. The molecule has 13 heavy (non-hydrogen) atoms. The Kier molecular flexibility index (Phi) is 5.73. The van der Waals surface area contributed by atoms with Crippen molar-refractivity contribution in [3.8, 4) is 0 Å². The highest BCUT2D eigenvalue weighted by Gasteiger charge is 2.20. The normalized spacial score (nSPS) is 21.7. The van der Waals surface area contributed by atoms with Crippen molar-refractivity contribution in [2.24, 2.45) is 11.7 Å². The fraction of sp³-hybridized carbons (Fsp3) is 1.00. The van der Waals surface area contributed by atoms with Crippen LogP contribution in [0.1, 0.15) is 32.1 Å². The van der Waals surface area contributed by atoms with E-state index in [4.69, 9.17) is 5.73 Å². The van der Waals surface area contributed by atoms with E-state index in [0.29, 0.717) is 11.7 Å². The smallest absolute Gasteiger partial charge is 0.0383 e. The van der Waals surface area contributed by atoms with Crippen LogP contribution >= 0.6 is 12.0 Å². The number of hydrogen-bond acceptors (Lipinski definition) is 5. The Labute approximate surface area is 82.8 Å². The van der Waals surface area contributed by atoms with Gasteiger partial charge in [-0.2, -0.15) is 4.33 Å². The van der Waals surface area contributed by atoms with E-state index in [-0.39, 0.29) is 6.04 Å². The third-order valence-electron chi connectivity index (χ3n) is 2.59. The number of rotatable bonds is 5. The molecule has 0 aromatic heterocycles. The molecule has 1 saturated carbocycles. The van der Waals surface area contributed by atoms with Crippen molar-refractivity contribution in [3.05, 3.63) is 0 Å². The molecule has 0 amide bonds. The van der Waals surface area contributed by atoms with Gasteiger partial charge in [0.15, 0.2) is 0 Å². The topological polar surface area (TPSA) is 67.5 Å². The number of nitrogens with two attached hydrogens (primary N) is 1. The lowest BCUT2D eigenvalue weighted by molar-refractivity contribution is -0.777. The molecule has 2 N–H and O–H groups in total. The minimum Gasteiger partial charge on any atom is -0.691 e. The molecule has 1 aliphatic rings. The summed E-state index contributed by atoms with van der Waals surface area (Å²) in [6.07, 6.45) is 6.31. The Balaban J connectivity index is 2.09. The van der Waals surface area contributed by atoms with Gasteiger partial charge >= 0.3 is 0 Å². The van der Waals surface area contributed by atoms with Crippen LogP contribution in [0.15, 0.2) is 0 Å². The van der Waals surface area contributed by atoms with Crippen molar-refractivity contribution >= 4 is 12.0 Å². The fourth-order valence-corrected chi connectivity index (χ4v) is 2.35. The molecule has 0 aromatic carbocycles. The second-order valence-electron chi connectivity index (χ2n) is 3.48. The van der Waals surface area contributed by atoms with Gasteiger partial charge in [0.2, 0.25) is 0 Å². The van der Waals surface area contributed by atoms with Crippen molar-refractivity contribution in [2.45, 2.75) is 38.1 Å². The van der Waals surface area contributed by atoms with E-state index in [1.807, 2.05) is 0 Å². The summed E-state index contributed by atoms with van der Waals surface area (Å²) in [5.41, 5.74) is 5.93. The van der Waals surface area contributed by atoms with Crippen LogP contribution < -0.4 is 11.0 Å². The van der Waals surface area contributed by atoms with Crippen LogP contribution in [0.5, 0.6) is 0 Å². The average molecular weight is 206 g/mol. The van der Waals surface area contributed by atoms with Gasteiger partial charge in [-0.3, -0.25) is 5.04 Å². The lowest BCUT2D eigenvalue weighted by Gasteiger charge is -2.26. The molecule has 0 aliphatic heterocycles. The average Bonchev–Trinajstić information content (AvgIpc) is 2.19. The van der Waals surface area contributed by atoms with Gasteiger partial charge in [-0.25, -0.2) is 0 Å². The Morgan fingerprint density at radius 1 is 1.38 bits per heavy atom. The molecule has 0 radical (unpaired) electrons. The summed E-state index contributed by atoms with van der Waals surface area (Å²) in [4.78, 5) is 0. The molecule has 1 atom stereocenters. The summed E-state index contributed by atoms with van der Waals surface area (Å²) in [5, 5.41) is 12.7. The molecule has 0 aromatic rings. The Morgan fingerprint density at radius 2 is 2.08 bits per heavy atom. The summed E-state index contributed by atoms with van der Waals surface area (Å²) in [6.45, 7) is 0. The summed E-state index contributed by atoms with van der Waals surface area (Å²) in [5.74, 6) is 1.23. The van der Waals surface area contributed by atoms with Gasteiger partial charge in [-0.15, -0.1) is 0 Å². The molecule has 0 bridgehead atoms. The molecular weight excluding hydrogens is 190 g/mol. The van der Waals surface area contributed by atoms with Crippen molar-refractivity contribution < 1.29 is 14.6 Å². The molecule has 0 saturated heterocycles. The Bertz CT molecular complexity index is 131. The van der Waals surface area contributed by atoms with Gasteiger partial charge in [-0.1, -0.05) is 19.3 Å². The molecule has 1 rings (SSSR count). The standard InChI is InChI=1S/C8H17NO3S/c9-8(6-13-12-11-10)7-4-2-1-3-5-7/h7-8,10H,1-6,9H2/p-1. The fourth-order valence-electron chi connectivity index (χ4n) is 1.82. The molecule has 1 aliphatic carbocycles. The quantitative estimate of drug-likeness (QED) is 0.311. The third-order valence-corrected chi connectivity index (χ3v) is 3.26. The number of hydrogen-bond donors (Lipinski definition) is 1. The van der Waals surface area contributed by atoms with Gasteiger partial charge in [0.25, 0.3) is 0 Å². The zero-order chi connectivity index (χ0) is 9.52. The predicted octanol–water partition coefficient (Wildman–Crippen LogP) is 0.766. The van der Waals surface area contributed by atoms with Crippen LogP contribution in [0.4, 0.5) is 0 Å². The highest BCUT2D eigenvalue weighted by Crippen LogP contribution is 2.26. The summed E-state index contributed by atoms with van der Waals surface area (Å²) < 4.78 is 4.18. The minimum absolute atomic E-state index is 0.125. The van der Waals surface area contributed by atoms with Gasteiger partial charge < -0.3 is 11.0 Å². The van der Waals surface area contributed by atoms with Crippen LogP contribution in [0.2, 0.25) is 0 Å². The zero-order valence-corrected chi connectivity index (χ0v) is 8.42. The molecular formula is C8H16NO3S-. The molecule has 5 heteroatoms. The van der Waals surface area contributed by atoms with Crippen LogP contribution in [0.3, 0.4) is 0 Å². The summed E-state index contributed by atoms with van der Waals surface area (Å²) in [6, 6.07) is 0.125. The second kappa shape index (κ2) is 6.62. The van der Waals surface area contributed by atoms with Crippen LogP contribution in [-0.4, -0.2) is 11.8 Å². The second-order valence-corrected chi connectivity index (χ2v) is 4.19. The minimum atomic E-state index is 0.125. The molecule has 1 unspecified atom stereocenters. The third kappa shape index (κ3) is 4.28. The maximum absolute atomic E-state index is 9.50. The SMILES string of the molecule is NC(CSOO[O-])C1CCCCC1. The Morgan fingerprint density at radius 3 is 2.69 bits per heavy atom. The lowest BCUT2D eigenvalue weighted by Crippen LogP contribution is -2.33. The first kappa shape index (κ1) is 11.3. The van der Waals surface area contributed by atoms with Crippen molar-refractivity contribution in [2.75, 3.05) is 5.75 Å². The first-order valence-electron chi connectivity index (χ1n) is 4.68. The first-order chi connectivity index (χ1) is 6.34. The molecule has 78 valence electrons. The van der Waals surface area contributed by atoms with E-state index in [9.17, 15) is 5.26 Å². The van der Waals surface area contributed by atoms with Gasteiger partial charge in [0.1, 0.15) is 0 Å². The van der Waals surface area contributed by atoms with E-state index >= 15 is 0 Å². The molecule has 0 spiro atoms. The first-order valence-corrected chi connectivity index (χ1v) is 5.59. The van der Waals surface area contributed by atoms with E-state index in [1.165, 1.54) is 32.1 Å². The van der Waals surface area contributed by atoms with Crippen molar-refractivity contribution in [1.82, 2.24) is 0 Å². The van der Waals surface area contributed by atoms with Crippen molar-refractivity contribution in [3.63, 3.8) is 0 Å². The monoisotopic (exact) mass is 206 g/mol. The largest absolute Gasteiger partial charge is 0.691 e. The van der Waals surface area contributed by atoms with Crippen LogP contribution in [0, 0.1) is 5.92 Å². The zero-order valence-electron chi connectivity index (χ0n) is 7.61. The molecule has 0 heterocycles. The maximum atomic E-state index is 9.50. The van der Waals surface area contributed by atoms with Gasteiger partial charge in [0.05, 0.1) is 0 Å².